The van der Waals surface area contributed by atoms with Crippen LogP contribution < -0.4 is 26.0 Å². The van der Waals surface area contributed by atoms with Gasteiger partial charge in [0.15, 0.2) is 18.1 Å². The largest absolute Gasteiger partial charge is 0.493 e. The normalized spacial score (nSPS) is 10.3. The number of nitrogens with zero attached hydrogens (tertiary/aromatic N) is 2. The molecule has 2 rings (SSSR count). The van der Waals surface area contributed by atoms with Gasteiger partial charge in [0.25, 0.3) is 11.5 Å². The number of amides is 1. The summed E-state index contributed by atoms with van der Waals surface area (Å²) in [5.41, 5.74) is -0.533. The van der Waals surface area contributed by atoms with Crippen molar-refractivity contribution in [1.29, 1.82) is 0 Å². The molecule has 150 valence electrons. The standard InChI is InChI=1S/C18H21N3O7/c1-20-14(9-16(23)21(2)18(20)25)19-15(22)10-28-17(24)8-11-5-6-12(26-3)13(7-11)27-4/h5-7,9H,8,10H2,1-4H3,(H,19,22). The van der Waals surface area contributed by atoms with E-state index in [4.69, 9.17) is 14.2 Å². The quantitative estimate of drug-likeness (QED) is 0.651. The van der Waals surface area contributed by atoms with Gasteiger partial charge in [-0.2, -0.15) is 0 Å². The Morgan fingerprint density at radius 1 is 1.00 bits per heavy atom. The van der Waals surface area contributed by atoms with Gasteiger partial charge in [-0.25, -0.2) is 4.79 Å². The van der Waals surface area contributed by atoms with Crippen LogP contribution in [0.25, 0.3) is 0 Å². The first kappa shape index (κ1) is 20.7. The van der Waals surface area contributed by atoms with Crippen molar-refractivity contribution in [3.63, 3.8) is 0 Å². The van der Waals surface area contributed by atoms with E-state index in [0.29, 0.717) is 17.1 Å². The Kier molecular flexibility index (Phi) is 6.59. The van der Waals surface area contributed by atoms with Gasteiger partial charge >= 0.3 is 11.7 Å². The summed E-state index contributed by atoms with van der Waals surface area (Å²) in [6, 6.07) is 6.07. The lowest BCUT2D eigenvalue weighted by molar-refractivity contribution is -0.146. The maximum Gasteiger partial charge on any atom is 0.332 e. The molecule has 0 bridgehead atoms. The molecule has 1 aromatic carbocycles. The Hall–Kier alpha value is -3.56. The van der Waals surface area contributed by atoms with Gasteiger partial charge in [0, 0.05) is 20.2 Å². The van der Waals surface area contributed by atoms with E-state index < -0.39 is 29.7 Å². The minimum Gasteiger partial charge on any atom is -0.493 e. The lowest BCUT2D eigenvalue weighted by Crippen LogP contribution is -2.38. The molecule has 0 atom stereocenters. The first-order chi connectivity index (χ1) is 13.3. The molecule has 1 heterocycles. The van der Waals surface area contributed by atoms with Gasteiger partial charge in [0.2, 0.25) is 0 Å². The molecule has 10 nitrogen and oxygen atoms in total. The fraction of sp³-hybridized carbons (Fsp3) is 0.333. The molecule has 1 aromatic heterocycles. The molecule has 0 aliphatic rings. The average Bonchev–Trinajstić information content (AvgIpc) is 2.68. The van der Waals surface area contributed by atoms with Crippen LogP contribution in [0.15, 0.2) is 33.9 Å². The minimum atomic E-state index is -0.677. The maximum atomic E-state index is 12.0. The molecular formula is C18H21N3O7. The van der Waals surface area contributed by atoms with Crippen molar-refractivity contribution in [3.05, 3.63) is 50.7 Å². The van der Waals surface area contributed by atoms with Gasteiger partial charge in [0.1, 0.15) is 5.82 Å². The van der Waals surface area contributed by atoms with E-state index in [1.165, 1.54) is 28.3 Å². The number of benzene rings is 1. The SMILES string of the molecule is COc1ccc(CC(=O)OCC(=O)Nc2cc(=O)n(C)c(=O)n2C)cc1OC. The molecule has 0 aliphatic heterocycles. The number of aromatic nitrogens is 2. The number of carbonyl (C=O) groups excluding carboxylic acids is 2. The van der Waals surface area contributed by atoms with Crippen LogP contribution in [-0.4, -0.2) is 41.8 Å². The Morgan fingerprint density at radius 3 is 2.32 bits per heavy atom. The van der Waals surface area contributed by atoms with E-state index in [9.17, 15) is 19.2 Å². The van der Waals surface area contributed by atoms with Crippen molar-refractivity contribution in [2.75, 3.05) is 26.1 Å². The van der Waals surface area contributed by atoms with E-state index in [2.05, 4.69) is 5.32 Å². The monoisotopic (exact) mass is 391 g/mol. The molecule has 0 aliphatic carbocycles. The zero-order valence-corrected chi connectivity index (χ0v) is 16.0. The highest BCUT2D eigenvalue weighted by atomic mass is 16.5. The third kappa shape index (κ3) is 4.78. The predicted octanol–water partition coefficient (Wildman–Crippen LogP) is -0.174. The van der Waals surface area contributed by atoms with Gasteiger partial charge in [-0.3, -0.25) is 23.5 Å². The summed E-state index contributed by atoms with van der Waals surface area (Å²) in [4.78, 5) is 47.4. The van der Waals surface area contributed by atoms with E-state index in [1.807, 2.05) is 0 Å². The number of nitrogens with one attached hydrogen (secondary N) is 1. The minimum absolute atomic E-state index is 0.00837. The Labute approximate surface area is 160 Å². The van der Waals surface area contributed by atoms with E-state index >= 15 is 0 Å². The summed E-state index contributed by atoms with van der Waals surface area (Å²) in [7, 11) is 5.71. The highest BCUT2D eigenvalue weighted by Crippen LogP contribution is 2.27. The molecular weight excluding hydrogens is 370 g/mol. The van der Waals surface area contributed by atoms with Gasteiger partial charge in [-0.05, 0) is 17.7 Å². The Morgan fingerprint density at radius 2 is 1.68 bits per heavy atom. The number of anilines is 1. The molecule has 10 heteroatoms. The van der Waals surface area contributed by atoms with Gasteiger partial charge in [0.05, 0.1) is 20.6 Å². The molecule has 0 fully saturated rings. The van der Waals surface area contributed by atoms with E-state index in [1.54, 1.807) is 18.2 Å². The number of ether oxygens (including phenoxy) is 3. The van der Waals surface area contributed by atoms with Crippen molar-refractivity contribution >= 4 is 17.7 Å². The van der Waals surface area contributed by atoms with E-state index in [-0.39, 0.29) is 12.2 Å². The van der Waals surface area contributed by atoms with Crippen LogP contribution in [0, 0.1) is 0 Å². The molecule has 0 saturated carbocycles. The topological polar surface area (TPSA) is 118 Å². The van der Waals surface area contributed by atoms with Crippen LogP contribution in [0.5, 0.6) is 11.5 Å². The van der Waals surface area contributed by atoms with Crippen LogP contribution in [0.4, 0.5) is 5.82 Å². The number of carbonyl (C=O) groups is 2. The highest BCUT2D eigenvalue weighted by molar-refractivity contribution is 5.92. The maximum absolute atomic E-state index is 12.0. The smallest absolute Gasteiger partial charge is 0.332 e. The van der Waals surface area contributed by atoms with Gasteiger partial charge in [-0.15, -0.1) is 0 Å². The van der Waals surface area contributed by atoms with Crippen LogP contribution in [0.2, 0.25) is 0 Å². The molecule has 0 saturated heterocycles. The molecule has 2 aromatic rings. The summed E-state index contributed by atoms with van der Waals surface area (Å²) < 4.78 is 17.2. The number of hydrogen-bond acceptors (Lipinski definition) is 7. The second-order valence-corrected chi connectivity index (χ2v) is 5.84. The number of hydrogen-bond donors (Lipinski definition) is 1. The second-order valence-electron chi connectivity index (χ2n) is 5.84. The summed E-state index contributed by atoms with van der Waals surface area (Å²) in [6.45, 7) is -0.560. The number of esters is 1. The first-order valence-corrected chi connectivity index (χ1v) is 8.20. The van der Waals surface area contributed by atoms with Gasteiger partial charge < -0.3 is 19.5 Å². The summed E-state index contributed by atoms with van der Waals surface area (Å²) >= 11 is 0. The third-order valence-electron chi connectivity index (χ3n) is 3.95. The van der Waals surface area contributed by atoms with Crippen LogP contribution in [0.1, 0.15) is 5.56 Å². The lowest BCUT2D eigenvalue weighted by Gasteiger charge is -2.11. The highest BCUT2D eigenvalue weighted by Gasteiger charge is 2.13. The zero-order valence-electron chi connectivity index (χ0n) is 16.0. The summed E-state index contributed by atoms with van der Waals surface area (Å²) in [5, 5.41) is 2.37. The Bertz CT molecular complexity index is 1010. The third-order valence-corrected chi connectivity index (χ3v) is 3.95. The Balaban J connectivity index is 1.95. The van der Waals surface area contributed by atoms with Crippen molar-refractivity contribution in [2.45, 2.75) is 6.42 Å². The van der Waals surface area contributed by atoms with Crippen molar-refractivity contribution in [1.82, 2.24) is 9.13 Å². The first-order valence-electron chi connectivity index (χ1n) is 8.20. The zero-order chi connectivity index (χ0) is 20.8. The van der Waals surface area contributed by atoms with Crippen molar-refractivity contribution < 1.29 is 23.8 Å². The van der Waals surface area contributed by atoms with Crippen LogP contribution >= 0.6 is 0 Å². The fourth-order valence-corrected chi connectivity index (χ4v) is 2.39. The fourth-order valence-electron chi connectivity index (χ4n) is 2.39. The molecule has 1 amide bonds. The van der Waals surface area contributed by atoms with Crippen molar-refractivity contribution in [2.24, 2.45) is 14.1 Å². The molecule has 1 N–H and O–H groups in total. The number of methoxy groups -OCH3 is 2. The van der Waals surface area contributed by atoms with Gasteiger partial charge in [-0.1, -0.05) is 6.07 Å². The summed E-state index contributed by atoms with van der Waals surface area (Å²) in [6.07, 6.45) is -0.0714. The lowest BCUT2D eigenvalue weighted by atomic mass is 10.1. The molecule has 0 spiro atoms. The molecule has 28 heavy (non-hydrogen) atoms. The summed E-state index contributed by atoms with van der Waals surface area (Å²) in [5.74, 6) is -0.297. The molecule has 0 radical (unpaired) electrons. The van der Waals surface area contributed by atoms with E-state index in [0.717, 1.165) is 15.2 Å². The van der Waals surface area contributed by atoms with Crippen LogP contribution in [-0.2, 0) is 34.8 Å². The molecule has 0 unspecified atom stereocenters. The average molecular weight is 391 g/mol. The van der Waals surface area contributed by atoms with Crippen molar-refractivity contribution in [3.8, 4) is 11.5 Å². The number of rotatable bonds is 7. The van der Waals surface area contributed by atoms with Crippen LogP contribution in [0.3, 0.4) is 0 Å². The predicted molar refractivity (Wildman–Crippen MR) is 99.8 cm³/mol. The second kappa shape index (κ2) is 8.89.